The van der Waals surface area contributed by atoms with Gasteiger partial charge in [0.1, 0.15) is 7.42 Å². The van der Waals surface area contributed by atoms with Gasteiger partial charge in [0, 0.05) is 0 Å². The number of hydrogen-bond acceptors (Lipinski definition) is 0. The van der Waals surface area contributed by atoms with Gasteiger partial charge in [0.25, 0.3) is 0 Å². The van der Waals surface area contributed by atoms with Crippen LogP contribution in [0.1, 0.15) is 34.6 Å². The van der Waals surface area contributed by atoms with E-state index >= 15 is 0 Å². The SMILES string of the molecule is CC(C)[Si](Br)C(C)(C)C. The van der Waals surface area contributed by atoms with Gasteiger partial charge in [0.2, 0.25) is 0 Å². The molecule has 0 aliphatic heterocycles. The van der Waals surface area contributed by atoms with Crippen molar-refractivity contribution in [3.63, 3.8) is 0 Å². The molecule has 2 heteroatoms. The van der Waals surface area contributed by atoms with Crippen molar-refractivity contribution in [2.75, 3.05) is 0 Å². The zero-order valence-corrected chi connectivity index (χ0v) is 9.54. The van der Waals surface area contributed by atoms with Gasteiger partial charge in [-0.2, -0.15) is 0 Å². The molecule has 0 aliphatic carbocycles. The summed E-state index contributed by atoms with van der Waals surface area (Å²) in [5, 5.41) is 0.499. The molecule has 0 nitrogen and oxygen atoms in total. The molecule has 9 heavy (non-hydrogen) atoms. The van der Waals surface area contributed by atoms with Gasteiger partial charge in [-0.3, -0.25) is 0 Å². The molecule has 0 amide bonds. The summed E-state index contributed by atoms with van der Waals surface area (Å²) < 4.78 is 0. The molecule has 0 saturated carbocycles. The maximum atomic E-state index is 3.76. The van der Waals surface area contributed by atoms with E-state index < -0.39 is 0 Å². The van der Waals surface area contributed by atoms with Crippen LogP contribution in [0.5, 0.6) is 0 Å². The molecular weight excluding hydrogens is 192 g/mol. The minimum atomic E-state index is -0.310. The van der Waals surface area contributed by atoms with Crippen LogP contribution in [0, 0.1) is 0 Å². The van der Waals surface area contributed by atoms with Crippen molar-refractivity contribution in [1.29, 1.82) is 0 Å². The first-order valence-corrected chi connectivity index (χ1v) is 7.22. The fourth-order valence-electron chi connectivity index (χ4n) is 0.866. The van der Waals surface area contributed by atoms with Crippen LogP contribution < -0.4 is 0 Å². The Morgan fingerprint density at radius 3 is 1.56 bits per heavy atom. The molecule has 0 atom stereocenters. The monoisotopic (exact) mass is 207 g/mol. The van der Waals surface area contributed by atoms with Crippen LogP contribution in [-0.4, -0.2) is 7.42 Å². The lowest BCUT2D eigenvalue weighted by atomic mass is 10.2. The Balaban J connectivity index is 3.88. The van der Waals surface area contributed by atoms with Gasteiger partial charge in [-0.25, -0.2) is 0 Å². The first-order chi connectivity index (χ1) is 3.85. The lowest BCUT2D eigenvalue weighted by molar-refractivity contribution is 0.732. The molecule has 0 saturated heterocycles. The molecule has 0 aromatic heterocycles. The predicted molar refractivity (Wildman–Crippen MR) is 49.5 cm³/mol. The van der Waals surface area contributed by atoms with Crippen LogP contribution in [0.2, 0.25) is 10.6 Å². The second kappa shape index (κ2) is 3.20. The van der Waals surface area contributed by atoms with E-state index in [9.17, 15) is 0 Å². The lowest BCUT2D eigenvalue weighted by Crippen LogP contribution is -2.21. The minimum absolute atomic E-state index is 0.310. The van der Waals surface area contributed by atoms with Crippen LogP contribution in [0.3, 0.4) is 0 Å². The second-order valence-corrected chi connectivity index (χ2v) is 9.67. The van der Waals surface area contributed by atoms with Crippen LogP contribution in [0.15, 0.2) is 0 Å². The van der Waals surface area contributed by atoms with E-state index in [1.807, 2.05) is 0 Å². The standard InChI is InChI=1S/C7H16BrSi/c1-6(2)9(8)7(3,4)5/h6H,1-5H3. The maximum Gasteiger partial charge on any atom is 0.143 e. The highest BCUT2D eigenvalue weighted by atomic mass is 79.9. The minimum Gasteiger partial charge on any atom is -0.128 e. The van der Waals surface area contributed by atoms with Gasteiger partial charge in [-0.05, 0) is 10.6 Å². The highest BCUT2D eigenvalue weighted by Gasteiger charge is 2.26. The Labute approximate surface area is 68.2 Å². The Kier molecular flexibility index (Phi) is 3.44. The van der Waals surface area contributed by atoms with Gasteiger partial charge >= 0.3 is 0 Å². The number of halogens is 1. The van der Waals surface area contributed by atoms with E-state index in [0.29, 0.717) is 5.04 Å². The van der Waals surface area contributed by atoms with Crippen molar-refractivity contribution in [2.24, 2.45) is 0 Å². The highest BCUT2D eigenvalue weighted by Crippen LogP contribution is 2.36. The van der Waals surface area contributed by atoms with Crippen LogP contribution in [-0.2, 0) is 0 Å². The third kappa shape index (κ3) is 3.41. The molecule has 0 aromatic carbocycles. The predicted octanol–water partition coefficient (Wildman–Crippen LogP) is 3.58. The quantitative estimate of drug-likeness (QED) is 0.456. The van der Waals surface area contributed by atoms with Gasteiger partial charge in [-0.15, -0.1) is 15.3 Å². The van der Waals surface area contributed by atoms with Crippen molar-refractivity contribution in [3.8, 4) is 0 Å². The second-order valence-electron chi connectivity index (χ2n) is 3.75. The summed E-state index contributed by atoms with van der Waals surface area (Å²) in [6.45, 7) is 11.5. The van der Waals surface area contributed by atoms with Crippen molar-refractivity contribution in [1.82, 2.24) is 0 Å². The van der Waals surface area contributed by atoms with Crippen LogP contribution in [0.25, 0.3) is 0 Å². The Bertz CT molecular complexity index is 83.4. The molecule has 55 valence electrons. The van der Waals surface area contributed by atoms with Gasteiger partial charge < -0.3 is 0 Å². The van der Waals surface area contributed by atoms with Crippen molar-refractivity contribution >= 4 is 22.7 Å². The van der Waals surface area contributed by atoms with Gasteiger partial charge in [0.05, 0.1) is 0 Å². The lowest BCUT2D eigenvalue weighted by Gasteiger charge is -2.26. The summed E-state index contributed by atoms with van der Waals surface area (Å²) >= 11 is 3.76. The van der Waals surface area contributed by atoms with E-state index in [2.05, 4.69) is 49.9 Å². The topological polar surface area (TPSA) is 0 Å². The van der Waals surface area contributed by atoms with Crippen molar-refractivity contribution < 1.29 is 0 Å². The van der Waals surface area contributed by atoms with Crippen molar-refractivity contribution in [3.05, 3.63) is 0 Å². The summed E-state index contributed by atoms with van der Waals surface area (Å²) in [6, 6.07) is 0. The molecule has 0 N–H and O–H groups in total. The van der Waals surface area contributed by atoms with Crippen LogP contribution in [0.4, 0.5) is 0 Å². The maximum absolute atomic E-state index is 3.76. The van der Waals surface area contributed by atoms with E-state index in [4.69, 9.17) is 0 Å². The zero-order valence-electron chi connectivity index (χ0n) is 6.96. The Hall–Kier alpha value is 0.697. The summed E-state index contributed by atoms with van der Waals surface area (Å²) in [5.74, 6) is 0. The largest absolute Gasteiger partial charge is 0.143 e. The summed E-state index contributed by atoms with van der Waals surface area (Å²) in [4.78, 5) is 0. The van der Waals surface area contributed by atoms with Crippen molar-refractivity contribution in [2.45, 2.75) is 45.2 Å². The molecule has 0 aromatic rings. The fraction of sp³-hybridized carbons (Fsp3) is 1.00. The molecule has 0 rings (SSSR count). The molecule has 0 fully saturated rings. The van der Waals surface area contributed by atoms with E-state index in [1.54, 1.807) is 0 Å². The third-order valence-electron chi connectivity index (χ3n) is 1.22. The Morgan fingerprint density at radius 1 is 1.22 bits per heavy atom. The molecule has 1 radical (unpaired) electrons. The fourth-order valence-corrected chi connectivity index (χ4v) is 2.60. The molecular formula is C7H16BrSi. The summed E-state index contributed by atoms with van der Waals surface area (Å²) in [7, 11) is -0.310. The Morgan fingerprint density at radius 2 is 1.56 bits per heavy atom. The summed E-state index contributed by atoms with van der Waals surface area (Å²) in [6.07, 6.45) is 0. The first kappa shape index (κ1) is 9.70. The van der Waals surface area contributed by atoms with E-state index in [1.165, 1.54) is 0 Å². The molecule has 0 unspecified atom stereocenters. The van der Waals surface area contributed by atoms with E-state index in [0.717, 1.165) is 5.54 Å². The molecule has 0 aliphatic rings. The first-order valence-electron chi connectivity index (χ1n) is 3.38. The average Bonchev–Trinajstić information content (AvgIpc) is 1.62. The van der Waals surface area contributed by atoms with E-state index in [-0.39, 0.29) is 7.42 Å². The normalized spacial score (nSPS) is 13.3. The molecule has 0 heterocycles. The molecule has 0 spiro atoms. The third-order valence-corrected chi connectivity index (χ3v) is 9.99. The number of rotatable bonds is 1. The molecule has 0 bridgehead atoms. The summed E-state index contributed by atoms with van der Waals surface area (Å²) in [5.41, 5.74) is 0.829. The van der Waals surface area contributed by atoms with Gasteiger partial charge in [0.15, 0.2) is 0 Å². The smallest absolute Gasteiger partial charge is 0.128 e. The average molecular weight is 208 g/mol. The number of hydrogen-bond donors (Lipinski definition) is 0. The van der Waals surface area contributed by atoms with Crippen LogP contribution >= 0.6 is 15.3 Å². The van der Waals surface area contributed by atoms with Gasteiger partial charge in [-0.1, -0.05) is 34.6 Å². The highest BCUT2D eigenvalue weighted by molar-refractivity contribution is 9.24. The zero-order chi connectivity index (χ0) is 7.65.